The number of carbonyl (C=O) groups excluding carboxylic acids is 5. The predicted octanol–water partition coefficient (Wildman–Crippen LogP) is 3.92. The number of benzene rings is 1. The van der Waals surface area contributed by atoms with Crippen LogP contribution >= 0.6 is 0 Å². The number of ether oxygens (including phenoxy) is 1. The van der Waals surface area contributed by atoms with Gasteiger partial charge in [0.15, 0.2) is 0 Å². The number of Topliss-reactive ketones (excluding diaryl/α,β-unsaturated/α-hetero) is 1. The van der Waals surface area contributed by atoms with E-state index >= 15 is 0 Å². The lowest BCUT2D eigenvalue weighted by Crippen LogP contribution is -2.48. The molecule has 0 atom stereocenters. The summed E-state index contributed by atoms with van der Waals surface area (Å²) in [6.45, 7) is 4.97. The van der Waals surface area contributed by atoms with E-state index in [1.807, 2.05) is 11.8 Å². The van der Waals surface area contributed by atoms with Gasteiger partial charge in [-0.1, -0.05) is 31.9 Å². The van der Waals surface area contributed by atoms with Crippen LogP contribution in [0.15, 0.2) is 24.3 Å². The van der Waals surface area contributed by atoms with Gasteiger partial charge < -0.3 is 14.4 Å². The van der Waals surface area contributed by atoms with Crippen molar-refractivity contribution in [2.75, 3.05) is 19.6 Å². The zero-order valence-electron chi connectivity index (χ0n) is 20.8. The van der Waals surface area contributed by atoms with Crippen LogP contribution in [0.3, 0.4) is 0 Å². The molecule has 0 unspecified atom stereocenters. The van der Waals surface area contributed by atoms with E-state index in [4.69, 9.17) is 4.74 Å². The number of hydrogen-bond donors (Lipinski definition) is 0. The fourth-order valence-corrected chi connectivity index (χ4v) is 4.92. The van der Waals surface area contributed by atoms with Crippen LogP contribution in [-0.2, 0) is 19.1 Å². The van der Waals surface area contributed by atoms with Gasteiger partial charge in [-0.2, -0.15) is 0 Å². The first-order valence-corrected chi connectivity index (χ1v) is 12.7. The van der Waals surface area contributed by atoms with Crippen LogP contribution in [0.25, 0.3) is 0 Å². The number of rotatable bonds is 12. The van der Waals surface area contributed by atoms with E-state index in [0.717, 1.165) is 19.3 Å². The summed E-state index contributed by atoms with van der Waals surface area (Å²) < 4.78 is 5.81. The minimum absolute atomic E-state index is 0.0318. The number of piperidine rings is 1. The zero-order chi connectivity index (χ0) is 25.4. The minimum Gasteiger partial charge on any atom is -0.459 e. The number of carbonyl (C=O) groups is 5. The first kappa shape index (κ1) is 26.6. The van der Waals surface area contributed by atoms with Gasteiger partial charge in [-0.15, -0.1) is 0 Å². The molecule has 2 aliphatic heterocycles. The molecule has 35 heavy (non-hydrogen) atoms. The van der Waals surface area contributed by atoms with Crippen LogP contribution in [0.4, 0.5) is 0 Å². The molecule has 1 aromatic rings. The topological polar surface area (TPSA) is 101 Å². The molecule has 190 valence electrons. The molecule has 3 rings (SSSR count). The third-order valence-electron chi connectivity index (χ3n) is 6.90. The SMILES string of the molecule is CCCC1(OC(=O)CCC(C)=O)CCN(C(=O)CCCCCN2C(=O)c3ccccc3C2=O)CC1. The van der Waals surface area contributed by atoms with Gasteiger partial charge in [0, 0.05) is 45.3 Å². The minimum atomic E-state index is -0.550. The summed E-state index contributed by atoms with van der Waals surface area (Å²) in [6, 6.07) is 6.86. The molecule has 2 aliphatic rings. The van der Waals surface area contributed by atoms with Gasteiger partial charge in [-0.3, -0.25) is 24.1 Å². The van der Waals surface area contributed by atoms with E-state index < -0.39 is 5.60 Å². The lowest BCUT2D eigenvalue weighted by atomic mass is 9.86. The molecule has 0 aromatic heterocycles. The van der Waals surface area contributed by atoms with Crippen molar-refractivity contribution in [1.82, 2.24) is 9.80 Å². The van der Waals surface area contributed by atoms with Crippen molar-refractivity contribution in [2.24, 2.45) is 0 Å². The molecule has 0 radical (unpaired) electrons. The van der Waals surface area contributed by atoms with Crippen LogP contribution in [0.2, 0.25) is 0 Å². The Labute approximate surface area is 207 Å². The molecule has 8 nitrogen and oxygen atoms in total. The number of amides is 3. The van der Waals surface area contributed by atoms with Crippen LogP contribution < -0.4 is 0 Å². The summed E-state index contributed by atoms with van der Waals surface area (Å²) in [4.78, 5) is 64.0. The van der Waals surface area contributed by atoms with E-state index in [9.17, 15) is 24.0 Å². The Morgan fingerprint density at radius 2 is 1.54 bits per heavy atom. The Morgan fingerprint density at radius 1 is 0.914 bits per heavy atom. The fraction of sp³-hybridized carbons (Fsp3) is 0.593. The summed E-state index contributed by atoms with van der Waals surface area (Å²) in [7, 11) is 0. The molecule has 1 saturated heterocycles. The van der Waals surface area contributed by atoms with Crippen LogP contribution in [0.5, 0.6) is 0 Å². The molecule has 0 spiro atoms. The number of fused-ring (bicyclic) bond motifs is 1. The van der Waals surface area contributed by atoms with Crippen LogP contribution in [-0.4, -0.2) is 64.5 Å². The first-order valence-electron chi connectivity index (χ1n) is 12.7. The second-order valence-corrected chi connectivity index (χ2v) is 9.61. The molecule has 1 aromatic carbocycles. The first-order chi connectivity index (χ1) is 16.8. The normalized spacial score (nSPS) is 16.9. The van der Waals surface area contributed by atoms with Gasteiger partial charge >= 0.3 is 5.97 Å². The average Bonchev–Trinajstić information content (AvgIpc) is 3.08. The average molecular weight is 485 g/mol. The highest BCUT2D eigenvalue weighted by Crippen LogP contribution is 2.32. The van der Waals surface area contributed by atoms with E-state index in [0.29, 0.717) is 62.9 Å². The lowest BCUT2D eigenvalue weighted by molar-refractivity contribution is -0.167. The van der Waals surface area contributed by atoms with Crippen molar-refractivity contribution < 1.29 is 28.7 Å². The highest BCUT2D eigenvalue weighted by Gasteiger charge is 2.38. The monoisotopic (exact) mass is 484 g/mol. The van der Waals surface area contributed by atoms with Crippen molar-refractivity contribution in [3.63, 3.8) is 0 Å². The van der Waals surface area contributed by atoms with Gasteiger partial charge in [-0.05, 0) is 38.3 Å². The van der Waals surface area contributed by atoms with Crippen molar-refractivity contribution >= 4 is 29.5 Å². The third-order valence-corrected chi connectivity index (χ3v) is 6.90. The number of hydrogen-bond acceptors (Lipinski definition) is 6. The predicted molar refractivity (Wildman–Crippen MR) is 130 cm³/mol. The third kappa shape index (κ3) is 6.77. The fourth-order valence-electron chi connectivity index (χ4n) is 4.92. The van der Waals surface area contributed by atoms with E-state index in [1.54, 1.807) is 24.3 Å². The number of esters is 1. The number of ketones is 1. The van der Waals surface area contributed by atoms with Gasteiger partial charge in [0.25, 0.3) is 11.8 Å². The molecular formula is C27H36N2O6. The quantitative estimate of drug-likeness (QED) is 0.253. The number of imide groups is 1. The highest BCUT2D eigenvalue weighted by molar-refractivity contribution is 6.21. The smallest absolute Gasteiger partial charge is 0.306 e. The molecule has 1 fully saturated rings. The standard InChI is InChI=1S/C27H36N2O6/c1-3-14-27(35-24(32)13-12-20(2)30)15-18-28(19-16-27)23(31)11-5-4-8-17-29-25(33)21-9-6-7-10-22(21)26(29)34/h6-7,9-10H,3-5,8,11-19H2,1-2H3. The van der Waals surface area contributed by atoms with Crippen molar-refractivity contribution in [3.8, 4) is 0 Å². The second kappa shape index (κ2) is 12.1. The summed E-state index contributed by atoms with van der Waals surface area (Å²) in [5.74, 6) is -0.777. The van der Waals surface area contributed by atoms with Gasteiger partial charge in [0.1, 0.15) is 11.4 Å². The molecular weight excluding hydrogens is 448 g/mol. The maximum atomic E-state index is 12.7. The lowest BCUT2D eigenvalue weighted by Gasteiger charge is -2.41. The van der Waals surface area contributed by atoms with Crippen molar-refractivity contribution in [1.29, 1.82) is 0 Å². The zero-order valence-corrected chi connectivity index (χ0v) is 20.8. The van der Waals surface area contributed by atoms with Gasteiger partial charge in [-0.25, -0.2) is 0 Å². The van der Waals surface area contributed by atoms with Gasteiger partial charge in [0.2, 0.25) is 5.91 Å². The largest absolute Gasteiger partial charge is 0.459 e. The Kier molecular flexibility index (Phi) is 9.18. The summed E-state index contributed by atoms with van der Waals surface area (Å²) in [6.07, 6.45) is 5.66. The van der Waals surface area contributed by atoms with Crippen molar-refractivity contribution in [3.05, 3.63) is 35.4 Å². The summed E-state index contributed by atoms with van der Waals surface area (Å²) in [5.41, 5.74) is 0.370. The van der Waals surface area contributed by atoms with E-state index in [2.05, 4.69) is 0 Å². The molecule has 0 aliphatic carbocycles. The van der Waals surface area contributed by atoms with Crippen LogP contribution in [0, 0.1) is 0 Å². The molecule has 0 bridgehead atoms. The second-order valence-electron chi connectivity index (χ2n) is 9.61. The summed E-state index contributed by atoms with van der Waals surface area (Å²) in [5, 5.41) is 0. The number of likely N-dealkylation sites (tertiary alicyclic amines) is 1. The Bertz CT molecular complexity index is 929. The molecule has 8 heteroatoms. The molecule has 0 saturated carbocycles. The Balaban J connectivity index is 1.37. The van der Waals surface area contributed by atoms with Crippen LogP contribution in [0.1, 0.15) is 98.8 Å². The highest BCUT2D eigenvalue weighted by atomic mass is 16.6. The molecule has 3 amide bonds. The number of unbranched alkanes of at least 4 members (excludes halogenated alkanes) is 2. The molecule has 2 heterocycles. The van der Waals surface area contributed by atoms with Crippen molar-refractivity contribution in [2.45, 2.75) is 83.7 Å². The number of nitrogens with zero attached hydrogens (tertiary/aromatic N) is 2. The van der Waals surface area contributed by atoms with E-state index in [-0.39, 0.29) is 42.3 Å². The Morgan fingerprint density at radius 3 is 2.11 bits per heavy atom. The Hall–Kier alpha value is -3.03. The molecule has 0 N–H and O–H groups in total. The maximum Gasteiger partial charge on any atom is 0.306 e. The summed E-state index contributed by atoms with van der Waals surface area (Å²) >= 11 is 0. The van der Waals surface area contributed by atoms with E-state index in [1.165, 1.54) is 11.8 Å². The van der Waals surface area contributed by atoms with Gasteiger partial charge in [0.05, 0.1) is 17.5 Å². The maximum absolute atomic E-state index is 12.7.